The second-order valence-corrected chi connectivity index (χ2v) is 6.99. The number of hydrogen-bond donors (Lipinski definition) is 1. The number of nitrogens with zero attached hydrogens (tertiary/aromatic N) is 2. The Bertz CT molecular complexity index is 318. The van der Waals surface area contributed by atoms with Gasteiger partial charge in [0.1, 0.15) is 0 Å². The van der Waals surface area contributed by atoms with Crippen molar-refractivity contribution in [3.8, 4) is 0 Å². The summed E-state index contributed by atoms with van der Waals surface area (Å²) < 4.78 is 0. The van der Waals surface area contributed by atoms with E-state index < -0.39 is 0 Å². The lowest BCUT2D eigenvalue weighted by Gasteiger charge is -2.42. The zero-order valence-electron chi connectivity index (χ0n) is 13.5. The number of piperazine rings is 1. The molecule has 0 radical (unpaired) electrons. The standard InChI is InChI=1S/C16H31N3O/c1-16(2,19-11-9-17-10-12-19)15(20)18(3)13-14-7-5-4-6-8-14/h14,17H,4-13H2,1-3H3. The van der Waals surface area contributed by atoms with Crippen LogP contribution in [0.4, 0.5) is 0 Å². The van der Waals surface area contributed by atoms with Crippen molar-refractivity contribution in [1.29, 1.82) is 0 Å². The Balaban J connectivity index is 1.90. The van der Waals surface area contributed by atoms with Crippen molar-refractivity contribution >= 4 is 5.91 Å². The smallest absolute Gasteiger partial charge is 0.242 e. The summed E-state index contributed by atoms with van der Waals surface area (Å²) in [4.78, 5) is 17.1. The molecule has 1 N–H and O–H groups in total. The van der Waals surface area contributed by atoms with Crippen LogP contribution in [0.25, 0.3) is 0 Å². The van der Waals surface area contributed by atoms with Crippen molar-refractivity contribution < 1.29 is 4.79 Å². The number of carbonyl (C=O) groups excluding carboxylic acids is 1. The summed E-state index contributed by atoms with van der Waals surface area (Å²) in [6, 6.07) is 0. The number of hydrogen-bond acceptors (Lipinski definition) is 3. The lowest BCUT2D eigenvalue weighted by molar-refractivity contribution is -0.142. The molecule has 1 heterocycles. The number of nitrogens with one attached hydrogen (secondary N) is 1. The van der Waals surface area contributed by atoms with Crippen molar-refractivity contribution in [2.24, 2.45) is 5.92 Å². The van der Waals surface area contributed by atoms with Gasteiger partial charge in [-0.2, -0.15) is 0 Å². The molecule has 4 heteroatoms. The van der Waals surface area contributed by atoms with Gasteiger partial charge in [-0.15, -0.1) is 0 Å². The van der Waals surface area contributed by atoms with Crippen LogP contribution in [-0.4, -0.2) is 61.0 Å². The predicted octanol–water partition coefficient (Wildman–Crippen LogP) is 1.71. The van der Waals surface area contributed by atoms with Gasteiger partial charge in [-0.05, 0) is 32.6 Å². The number of carbonyl (C=O) groups is 1. The van der Waals surface area contributed by atoms with E-state index in [1.807, 2.05) is 11.9 Å². The maximum absolute atomic E-state index is 12.8. The van der Waals surface area contributed by atoms with E-state index in [-0.39, 0.29) is 11.4 Å². The molecule has 116 valence electrons. The van der Waals surface area contributed by atoms with Crippen LogP contribution in [0.3, 0.4) is 0 Å². The van der Waals surface area contributed by atoms with E-state index in [9.17, 15) is 4.79 Å². The molecule has 1 amide bonds. The molecule has 0 atom stereocenters. The van der Waals surface area contributed by atoms with Crippen LogP contribution in [0.2, 0.25) is 0 Å². The van der Waals surface area contributed by atoms with Crippen LogP contribution in [0.1, 0.15) is 46.0 Å². The molecule has 0 bridgehead atoms. The Morgan fingerprint density at radius 3 is 2.40 bits per heavy atom. The van der Waals surface area contributed by atoms with Gasteiger partial charge in [-0.25, -0.2) is 0 Å². The third-order valence-corrected chi connectivity index (χ3v) is 5.03. The first-order valence-corrected chi connectivity index (χ1v) is 8.23. The quantitative estimate of drug-likeness (QED) is 0.852. The average molecular weight is 281 g/mol. The predicted molar refractivity (Wildman–Crippen MR) is 82.7 cm³/mol. The molecule has 2 rings (SSSR count). The van der Waals surface area contributed by atoms with E-state index in [0.29, 0.717) is 0 Å². The van der Waals surface area contributed by atoms with E-state index in [4.69, 9.17) is 0 Å². The van der Waals surface area contributed by atoms with E-state index >= 15 is 0 Å². The Hall–Kier alpha value is -0.610. The fraction of sp³-hybridized carbons (Fsp3) is 0.938. The molecule has 0 aromatic heterocycles. The zero-order chi connectivity index (χ0) is 14.6. The van der Waals surface area contributed by atoms with Crippen LogP contribution >= 0.6 is 0 Å². The van der Waals surface area contributed by atoms with Gasteiger partial charge in [0, 0.05) is 39.8 Å². The fourth-order valence-electron chi connectivity index (χ4n) is 3.67. The summed E-state index contributed by atoms with van der Waals surface area (Å²) in [6.45, 7) is 9.02. The second kappa shape index (κ2) is 6.90. The van der Waals surface area contributed by atoms with Crippen molar-refractivity contribution in [2.45, 2.75) is 51.5 Å². The molecule has 1 aliphatic carbocycles. The number of rotatable bonds is 4. The molecule has 0 unspecified atom stereocenters. The summed E-state index contributed by atoms with van der Waals surface area (Å²) >= 11 is 0. The lowest BCUT2D eigenvalue weighted by Crippen LogP contribution is -2.60. The van der Waals surface area contributed by atoms with Crippen molar-refractivity contribution in [3.05, 3.63) is 0 Å². The minimum absolute atomic E-state index is 0.282. The molecular formula is C16H31N3O. The molecule has 0 aromatic rings. The first-order valence-electron chi connectivity index (χ1n) is 8.23. The van der Waals surface area contributed by atoms with Gasteiger partial charge in [0.05, 0.1) is 5.54 Å². The number of amides is 1. The molecule has 2 fully saturated rings. The van der Waals surface area contributed by atoms with E-state index in [1.165, 1.54) is 32.1 Å². The molecule has 1 saturated carbocycles. The molecule has 1 saturated heterocycles. The van der Waals surface area contributed by atoms with Gasteiger partial charge in [0.15, 0.2) is 0 Å². The third kappa shape index (κ3) is 3.73. The SMILES string of the molecule is CN(CC1CCCCC1)C(=O)C(C)(C)N1CCNCC1. The topological polar surface area (TPSA) is 35.6 Å². The Morgan fingerprint density at radius 1 is 1.20 bits per heavy atom. The minimum atomic E-state index is -0.370. The molecular weight excluding hydrogens is 250 g/mol. The summed E-state index contributed by atoms with van der Waals surface area (Å²) in [5.41, 5.74) is -0.370. The molecule has 0 spiro atoms. The van der Waals surface area contributed by atoms with Crippen LogP contribution in [0.5, 0.6) is 0 Å². The van der Waals surface area contributed by atoms with Gasteiger partial charge < -0.3 is 10.2 Å². The molecule has 20 heavy (non-hydrogen) atoms. The van der Waals surface area contributed by atoms with Gasteiger partial charge in [-0.3, -0.25) is 9.69 Å². The van der Waals surface area contributed by atoms with E-state index in [1.54, 1.807) is 0 Å². The van der Waals surface area contributed by atoms with E-state index in [2.05, 4.69) is 24.1 Å². The summed E-state index contributed by atoms with van der Waals surface area (Å²) in [5.74, 6) is 1.00. The Kier molecular flexibility index (Phi) is 5.44. The van der Waals surface area contributed by atoms with Gasteiger partial charge in [-0.1, -0.05) is 19.3 Å². The first-order chi connectivity index (χ1) is 9.51. The highest BCUT2D eigenvalue weighted by Gasteiger charge is 2.37. The van der Waals surface area contributed by atoms with Gasteiger partial charge >= 0.3 is 0 Å². The zero-order valence-corrected chi connectivity index (χ0v) is 13.5. The van der Waals surface area contributed by atoms with Crippen LogP contribution in [0, 0.1) is 5.92 Å². The molecule has 2 aliphatic rings. The van der Waals surface area contributed by atoms with Crippen LogP contribution in [-0.2, 0) is 4.79 Å². The largest absolute Gasteiger partial charge is 0.344 e. The first kappa shape index (κ1) is 15.8. The molecule has 4 nitrogen and oxygen atoms in total. The average Bonchev–Trinajstić information content (AvgIpc) is 2.48. The van der Waals surface area contributed by atoms with Gasteiger partial charge in [0.25, 0.3) is 0 Å². The molecule has 1 aliphatic heterocycles. The highest BCUT2D eigenvalue weighted by molar-refractivity contribution is 5.85. The lowest BCUT2D eigenvalue weighted by atomic mass is 9.88. The minimum Gasteiger partial charge on any atom is -0.344 e. The monoisotopic (exact) mass is 281 g/mol. The normalized spacial score (nSPS) is 22.8. The molecule has 0 aromatic carbocycles. The fourth-order valence-corrected chi connectivity index (χ4v) is 3.67. The van der Waals surface area contributed by atoms with Crippen molar-refractivity contribution in [2.75, 3.05) is 39.8 Å². The van der Waals surface area contributed by atoms with E-state index in [0.717, 1.165) is 38.6 Å². The summed E-state index contributed by atoms with van der Waals surface area (Å²) in [5, 5.41) is 3.35. The third-order valence-electron chi connectivity index (χ3n) is 5.03. The maximum atomic E-state index is 12.8. The van der Waals surface area contributed by atoms with Crippen LogP contribution < -0.4 is 5.32 Å². The van der Waals surface area contributed by atoms with Crippen LogP contribution in [0.15, 0.2) is 0 Å². The highest BCUT2D eigenvalue weighted by atomic mass is 16.2. The second-order valence-electron chi connectivity index (χ2n) is 6.99. The van der Waals surface area contributed by atoms with Crippen molar-refractivity contribution in [3.63, 3.8) is 0 Å². The Morgan fingerprint density at radius 2 is 1.80 bits per heavy atom. The van der Waals surface area contributed by atoms with Gasteiger partial charge in [0.2, 0.25) is 5.91 Å². The Labute approximate surface area is 123 Å². The highest BCUT2D eigenvalue weighted by Crippen LogP contribution is 2.25. The maximum Gasteiger partial charge on any atom is 0.242 e. The summed E-state index contributed by atoms with van der Waals surface area (Å²) in [7, 11) is 1.99. The van der Waals surface area contributed by atoms with Crippen molar-refractivity contribution in [1.82, 2.24) is 15.1 Å². The number of likely N-dealkylation sites (N-methyl/N-ethyl adjacent to an activating group) is 1. The summed E-state index contributed by atoms with van der Waals surface area (Å²) in [6.07, 6.45) is 6.65.